The van der Waals surface area contributed by atoms with Gasteiger partial charge in [0.2, 0.25) is 0 Å². The third-order valence-corrected chi connectivity index (χ3v) is 2.67. The van der Waals surface area contributed by atoms with Crippen LogP contribution in [-0.2, 0) is 0 Å². The van der Waals surface area contributed by atoms with E-state index < -0.39 is 0 Å². The predicted molar refractivity (Wildman–Crippen MR) is 53.2 cm³/mol. The van der Waals surface area contributed by atoms with Gasteiger partial charge in [-0.05, 0) is 44.0 Å². The highest BCUT2D eigenvalue weighted by molar-refractivity contribution is 5.93. The molecule has 0 aliphatic carbocycles. The summed E-state index contributed by atoms with van der Waals surface area (Å²) in [5, 5.41) is 3.30. The Morgan fingerprint density at radius 1 is 1.64 bits per heavy atom. The molecule has 1 aliphatic rings. The highest BCUT2D eigenvalue weighted by Gasteiger charge is 2.18. The normalized spacial score (nSPS) is 22.1. The minimum Gasteiger partial charge on any atom is -0.461 e. The molecule has 76 valence electrons. The summed E-state index contributed by atoms with van der Waals surface area (Å²) in [6.45, 7) is 2.05. The zero-order valence-corrected chi connectivity index (χ0v) is 8.16. The number of nitrogens with one attached hydrogen (secondary N) is 1. The molecule has 0 saturated carbocycles. The van der Waals surface area contributed by atoms with Crippen LogP contribution in [0.25, 0.3) is 0 Å². The zero-order valence-electron chi connectivity index (χ0n) is 8.16. The van der Waals surface area contributed by atoms with E-state index in [-0.39, 0.29) is 5.78 Å². The zero-order chi connectivity index (χ0) is 9.80. The lowest BCUT2D eigenvalue weighted by atomic mass is 9.93. The molecule has 1 atom stereocenters. The largest absolute Gasteiger partial charge is 0.461 e. The monoisotopic (exact) mass is 193 g/mol. The van der Waals surface area contributed by atoms with Gasteiger partial charge in [0.25, 0.3) is 0 Å². The van der Waals surface area contributed by atoms with E-state index in [1.807, 2.05) is 0 Å². The lowest BCUT2D eigenvalue weighted by molar-refractivity contribution is 0.0926. The topological polar surface area (TPSA) is 42.2 Å². The molecule has 3 heteroatoms. The van der Waals surface area contributed by atoms with Gasteiger partial charge in [-0.3, -0.25) is 4.79 Å². The SMILES string of the molecule is O=C(CC1CCCNC1)c1ccco1. The van der Waals surface area contributed by atoms with Gasteiger partial charge in [-0.1, -0.05) is 0 Å². The molecule has 0 spiro atoms. The highest BCUT2D eigenvalue weighted by Crippen LogP contribution is 2.17. The summed E-state index contributed by atoms with van der Waals surface area (Å²) in [5.74, 6) is 1.11. The van der Waals surface area contributed by atoms with E-state index in [1.54, 1.807) is 18.4 Å². The lowest BCUT2D eigenvalue weighted by Gasteiger charge is -2.21. The van der Waals surface area contributed by atoms with Gasteiger partial charge < -0.3 is 9.73 Å². The van der Waals surface area contributed by atoms with E-state index in [4.69, 9.17) is 4.42 Å². The van der Waals surface area contributed by atoms with E-state index in [0.717, 1.165) is 19.5 Å². The fourth-order valence-corrected chi connectivity index (χ4v) is 1.90. The number of furan rings is 1. The van der Waals surface area contributed by atoms with E-state index in [2.05, 4.69) is 5.32 Å². The molecule has 2 heterocycles. The fraction of sp³-hybridized carbons (Fsp3) is 0.545. The molecule has 1 aliphatic heterocycles. The van der Waals surface area contributed by atoms with Gasteiger partial charge in [0, 0.05) is 6.42 Å². The second-order valence-corrected chi connectivity index (χ2v) is 3.82. The Hall–Kier alpha value is -1.09. The van der Waals surface area contributed by atoms with Crippen molar-refractivity contribution in [1.29, 1.82) is 0 Å². The standard InChI is InChI=1S/C11H15NO2/c13-10(11-4-2-6-14-11)7-9-3-1-5-12-8-9/h2,4,6,9,12H,1,3,5,7-8H2. The quantitative estimate of drug-likeness (QED) is 0.745. The van der Waals surface area contributed by atoms with Gasteiger partial charge in [-0.15, -0.1) is 0 Å². The van der Waals surface area contributed by atoms with Crippen molar-refractivity contribution >= 4 is 5.78 Å². The number of Topliss-reactive ketones (excluding diaryl/α,β-unsaturated/α-hetero) is 1. The molecular formula is C11H15NO2. The lowest BCUT2D eigenvalue weighted by Crippen LogP contribution is -2.31. The van der Waals surface area contributed by atoms with Crippen molar-refractivity contribution < 1.29 is 9.21 Å². The maximum atomic E-state index is 11.7. The number of hydrogen-bond acceptors (Lipinski definition) is 3. The van der Waals surface area contributed by atoms with E-state index in [9.17, 15) is 4.79 Å². The van der Waals surface area contributed by atoms with Crippen LogP contribution in [0.1, 0.15) is 29.8 Å². The molecule has 0 amide bonds. The van der Waals surface area contributed by atoms with Gasteiger partial charge >= 0.3 is 0 Å². The van der Waals surface area contributed by atoms with E-state index in [1.165, 1.54) is 6.42 Å². The maximum absolute atomic E-state index is 11.7. The molecule has 1 saturated heterocycles. The van der Waals surface area contributed by atoms with Gasteiger partial charge in [-0.25, -0.2) is 0 Å². The average Bonchev–Trinajstić information content (AvgIpc) is 2.72. The molecule has 1 fully saturated rings. The van der Waals surface area contributed by atoms with Crippen LogP contribution in [-0.4, -0.2) is 18.9 Å². The maximum Gasteiger partial charge on any atom is 0.198 e. The summed E-state index contributed by atoms with van der Waals surface area (Å²) in [6.07, 6.45) is 4.49. The fourth-order valence-electron chi connectivity index (χ4n) is 1.90. The molecule has 1 unspecified atom stereocenters. The molecule has 14 heavy (non-hydrogen) atoms. The van der Waals surface area contributed by atoms with Crippen molar-refractivity contribution in [2.24, 2.45) is 5.92 Å². The Morgan fingerprint density at radius 3 is 3.21 bits per heavy atom. The Balaban J connectivity index is 1.87. The highest BCUT2D eigenvalue weighted by atomic mass is 16.3. The van der Waals surface area contributed by atoms with Gasteiger partial charge in [0.05, 0.1) is 6.26 Å². The molecule has 0 aromatic carbocycles. The minimum atomic E-state index is 0.128. The molecule has 1 aromatic heterocycles. The van der Waals surface area contributed by atoms with Crippen molar-refractivity contribution in [3.63, 3.8) is 0 Å². The van der Waals surface area contributed by atoms with Crippen molar-refractivity contribution in [2.45, 2.75) is 19.3 Å². The van der Waals surface area contributed by atoms with Crippen LogP contribution in [0.4, 0.5) is 0 Å². The Kier molecular flexibility index (Phi) is 2.99. The summed E-state index contributed by atoms with van der Waals surface area (Å²) in [5.41, 5.74) is 0. The Morgan fingerprint density at radius 2 is 2.57 bits per heavy atom. The second-order valence-electron chi connectivity index (χ2n) is 3.82. The van der Waals surface area contributed by atoms with Gasteiger partial charge in [-0.2, -0.15) is 0 Å². The number of ketones is 1. The van der Waals surface area contributed by atoms with Crippen LogP contribution in [0.2, 0.25) is 0 Å². The summed E-state index contributed by atoms with van der Waals surface area (Å²) >= 11 is 0. The number of hydrogen-bond donors (Lipinski definition) is 1. The summed E-state index contributed by atoms with van der Waals surface area (Å²) in [7, 11) is 0. The van der Waals surface area contributed by atoms with Crippen LogP contribution >= 0.6 is 0 Å². The van der Waals surface area contributed by atoms with Crippen molar-refractivity contribution in [3.8, 4) is 0 Å². The predicted octanol–water partition coefficient (Wildman–Crippen LogP) is 1.85. The first kappa shape index (κ1) is 9.46. The van der Waals surface area contributed by atoms with Crippen LogP contribution < -0.4 is 5.32 Å². The van der Waals surface area contributed by atoms with Crippen LogP contribution in [0, 0.1) is 5.92 Å². The van der Waals surface area contributed by atoms with Gasteiger partial charge in [0.1, 0.15) is 0 Å². The summed E-state index contributed by atoms with van der Waals surface area (Å²) in [4.78, 5) is 11.7. The number of rotatable bonds is 3. The Bertz CT molecular complexity index is 286. The van der Waals surface area contributed by atoms with Crippen LogP contribution in [0.3, 0.4) is 0 Å². The first-order valence-electron chi connectivity index (χ1n) is 5.13. The van der Waals surface area contributed by atoms with Crippen LogP contribution in [0.15, 0.2) is 22.8 Å². The van der Waals surface area contributed by atoms with Gasteiger partial charge in [0.15, 0.2) is 11.5 Å². The molecule has 3 nitrogen and oxygen atoms in total. The molecule has 2 rings (SSSR count). The molecule has 1 aromatic rings. The third kappa shape index (κ3) is 2.23. The first-order chi connectivity index (χ1) is 6.86. The molecule has 0 radical (unpaired) electrons. The Labute approximate surface area is 83.5 Å². The minimum absolute atomic E-state index is 0.128. The van der Waals surface area contributed by atoms with E-state index >= 15 is 0 Å². The van der Waals surface area contributed by atoms with Crippen molar-refractivity contribution in [2.75, 3.05) is 13.1 Å². The second kappa shape index (κ2) is 4.42. The number of piperidine rings is 1. The molecule has 0 bridgehead atoms. The smallest absolute Gasteiger partial charge is 0.198 e. The summed E-state index contributed by atoms with van der Waals surface area (Å²) in [6, 6.07) is 3.49. The van der Waals surface area contributed by atoms with Crippen molar-refractivity contribution in [1.82, 2.24) is 5.32 Å². The first-order valence-corrected chi connectivity index (χ1v) is 5.13. The third-order valence-electron chi connectivity index (χ3n) is 2.67. The average molecular weight is 193 g/mol. The molecule has 1 N–H and O–H groups in total. The van der Waals surface area contributed by atoms with Crippen molar-refractivity contribution in [3.05, 3.63) is 24.2 Å². The van der Waals surface area contributed by atoms with Crippen LogP contribution in [0.5, 0.6) is 0 Å². The number of carbonyl (C=O) groups excluding carboxylic acids is 1. The number of carbonyl (C=O) groups is 1. The molecular weight excluding hydrogens is 178 g/mol. The summed E-state index contributed by atoms with van der Waals surface area (Å²) < 4.78 is 5.07. The van der Waals surface area contributed by atoms with E-state index in [0.29, 0.717) is 18.1 Å².